The van der Waals surface area contributed by atoms with Gasteiger partial charge in [0.2, 0.25) is 0 Å². The van der Waals surface area contributed by atoms with Crippen LogP contribution < -0.4 is 0 Å². The Labute approximate surface area is 200 Å². The van der Waals surface area contributed by atoms with Crippen molar-refractivity contribution < 1.29 is 19.5 Å². The molecule has 0 aliphatic carbocycles. The molecule has 0 saturated heterocycles. The average Bonchev–Trinajstić information content (AvgIpc) is 2.81. The van der Waals surface area contributed by atoms with Gasteiger partial charge >= 0.3 is 0 Å². The number of carbonyl (C=O) groups excluding carboxylic acids is 3. The summed E-state index contributed by atoms with van der Waals surface area (Å²) in [4.78, 5) is 31.1. The number of Topliss-reactive ketones (excluding diaryl/α,β-unsaturated/α-hetero) is 1. The molecule has 0 heterocycles. The van der Waals surface area contributed by atoms with Crippen molar-refractivity contribution in [3.63, 3.8) is 0 Å². The van der Waals surface area contributed by atoms with Gasteiger partial charge in [0.1, 0.15) is 18.7 Å². The van der Waals surface area contributed by atoms with Crippen LogP contribution in [0.15, 0.2) is 0 Å². The third-order valence-electron chi connectivity index (χ3n) is 5.33. The second-order valence-corrected chi connectivity index (χ2v) is 8.67. The lowest BCUT2D eigenvalue weighted by Gasteiger charge is -2.09. The van der Waals surface area contributed by atoms with Crippen molar-refractivity contribution in [2.75, 3.05) is 0 Å². The van der Waals surface area contributed by atoms with Gasteiger partial charge in [0.05, 0.1) is 0 Å². The standard InChI is InChI=1S/C14H28O2.2C7H14O/c1-3-5-7-9-11-13(15)14(16)12-10-8-6-4-2;2*1-2-3-4-5-6-7-8/h13,15H,3-12H2,1-2H3;2*7H,2-6H2,1H3. The van der Waals surface area contributed by atoms with Gasteiger partial charge in [0.15, 0.2) is 5.78 Å². The highest BCUT2D eigenvalue weighted by molar-refractivity contribution is 5.82. The highest BCUT2D eigenvalue weighted by Crippen LogP contribution is 2.10. The highest BCUT2D eigenvalue weighted by Gasteiger charge is 2.13. The Hall–Kier alpha value is -1.03. The molecule has 0 radical (unpaired) electrons. The molecule has 0 amide bonds. The van der Waals surface area contributed by atoms with Crippen LogP contribution in [0.3, 0.4) is 0 Å². The number of aliphatic hydroxyl groups is 1. The van der Waals surface area contributed by atoms with E-state index >= 15 is 0 Å². The maximum Gasteiger partial charge on any atom is 0.161 e. The molecule has 32 heavy (non-hydrogen) atoms. The van der Waals surface area contributed by atoms with Crippen molar-refractivity contribution in [3.8, 4) is 0 Å². The number of hydrogen-bond acceptors (Lipinski definition) is 4. The van der Waals surface area contributed by atoms with Crippen molar-refractivity contribution >= 4 is 18.4 Å². The quantitative estimate of drug-likeness (QED) is 0.140. The highest BCUT2D eigenvalue weighted by atomic mass is 16.3. The second kappa shape index (κ2) is 34.6. The first kappa shape index (κ1) is 35.6. The zero-order valence-corrected chi connectivity index (χ0v) is 22.0. The summed E-state index contributed by atoms with van der Waals surface area (Å²) < 4.78 is 0. The van der Waals surface area contributed by atoms with E-state index in [0.717, 1.165) is 63.9 Å². The van der Waals surface area contributed by atoms with Crippen molar-refractivity contribution in [1.29, 1.82) is 0 Å². The van der Waals surface area contributed by atoms with Crippen molar-refractivity contribution in [2.45, 2.75) is 162 Å². The molecule has 1 N–H and O–H groups in total. The molecule has 0 saturated carbocycles. The lowest BCUT2D eigenvalue weighted by Crippen LogP contribution is -2.19. The van der Waals surface area contributed by atoms with E-state index in [9.17, 15) is 19.5 Å². The second-order valence-electron chi connectivity index (χ2n) is 8.67. The molecule has 192 valence electrons. The van der Waals surface area contributed by atoms with E-state index in [-0.39, 0.29) is 5.78 Å². The Morgan fingerprint density at radius 3 is 1.34 bits per heavy atom. The molecule has 4 heteroatoms. The molecule has 0 aromatic rings. The van der Waals surface area contributed by atoms with Gasteiger partial charge in [-0.15, -0.1) is 0 Å². The van der Waals surface area contributed by atoms with E-state index in [1.165, 1.54) is 64.2 Å². The van der Waals surface area contributed by atoms with Gasteiger partial charge in [-0.25, -0.2) is 0 Å². The first-order chi connectivity index (χ1) is 15.5. The lowest BCUT2D eigenvalue weighted by atomic mass is 10.0. The van der Waals surface area contributed by atoms with Crippen molar-refractivity contribution in [1.82, 2.24) is 0 Å². The number of aldehydes is 2. The Morgan fingerprint density at radius 1 is 0.594 bits per heavy atom. The van der Waals surface area contributed by atoms with Crippen LogP contribution in [-0.2, 0) is 14.4 Å². The number of unbranched alkanes of at least 4 members (excludes halogenated alkanes) is 14. The summed E-state index contributed by atoms with van der Waals surface area (Å²) in [6.45, 7) is 8.65. The summed E-state index contributed by atoms with van der Waals surface area (Å²) in [5, 5.41) is 9.62. The Balaban J connectivity index is -0.000000441. The molecule has 0 rings (SSSR count). The summed E-state index contributed by atoms with van der Waals surface area (Å²) in [7, 11) is 0. The molecular formula is C28H56O4. The summed E-state index contributed by atoms with van der Waals surface area (Å²) in [5.74, 6) is 0.0487. The molecule has 4 nitrogen and oxygen atoms in total. The minimum atomic E-state index is -0.696. The molecule has 1 atom stereocenters. The first-order valence-corrected chi connectivity index (χ1v) is 13.6. The Morgan fingerprint density at radius 2 is 0.969 bits per heavy atom. The van der Waals surface area contributed by atoms with E-state index in [0.29, 0.717) is 12.8 Å². The topological polar surface area (TPSA) is 71.4 Å². The van der Waals surface area contributed by atoms with Crippen molar-refractivity contribution in [3.05, 3.63) is 0 Å². The minimum absolute atomic E-state index is 0.0487. The molecule has 0 fully saturated rings. The number of aliphatic hydroxyl groups excluding tert-OH is 1. The van der Waals surface area contributed by atoms with E-state index < -0.39 is 6.10 Å². The number of hydrogen-bond donors (Lipinski definition) is 1. The van der Waals surface area contributed by atoms with Crippen LogP contribution in [-0.4, -0.2) is 29.6 Å². The fraction of sp³-hybridized carbons (Fsp3) is 0.893. The van der Waals surface area contributed by atoms with E-state index in [1.54, 1.807) is 0 Å². The molecule has 1 unspecified atom stereocenters. The third kappa shape index (κ3) is 36.3. The fourth-order valence-corrected chi connectivity index (χ4v) is 3.13. The van der Waals surface area contributed by atoms with Crippen molar-refractivity contribution in [2.24, 2.45) is 0 Å². The van der Waals surface area contributed by atoms with Crippen LogP contribution >= 0.6 is 0 Å². The fourth-order valence-electron chi connectivity index (χ4n) is 3.13. The van der Waals surface area contributed by atoms with Crippen LogP contribution in [0.4, 0.5) is 0 Å². The molecule has 0 aliphatic rings. The minimum Gasteiger partial charge on any atom is -0.385 e. The van der Waals surface area contributed by atoms with Gasteiger partial charge in [-0.05, 0) is 25.7 Å². The summed E-state index contributed by atoms with van der Waals surface area (Å²) >= 11 is 0. The third-order valence-corrected chi connectivity index (χ3v) is 5.33. The van der Waals surface area contributed by atoms with Crippen LogP contribution in [0.25, 0.3) is 0 Å². The Kier molecular flexibility index (Phi) is 38.4. The van der Waals surface area contributed by atoms with Crippen LogP contribution in [0, 0.1) is 0 Å². The maximum absolute atomic E-state index is 11.5. The SMILES string of the molecule is CCCCCCC(=O)C(O)CCCCCC.CCCCCCC=O.CCCCCCC=O. The molecular weight excluding hydrogens is 400 g/mol. The zero-order chi connectivity index (χ0) is 24.7. The number of ketones is 1. The molecule has 0 aromatic heterocycles. The predicted octanol–water partition coefficient (Wildman–Crippen LogP) is 8.17. The largest absolute Gasteiger partial charge is 0.385 e. The first-order valence-electron chi connectivity index (χ1n) is 13.6. The smallest absolute Gasteiger partial charge is 0.161 e. The molecule has 0 aromatic carbocycles. The predicted molar refractivity (Wildman–Crippen MR) is 138 cm³/mol. The lowest BCUT2D eigenvalue weighted by molar-refractivity contribution is -0.127. The van der Waals surface area contributed by atoms with Gasteiger partial charge in [-0.2, -0.15) is 0 Å². The van der Waals surface area contributed by atoms with Gasteiger partial charge in [-0.3, -0.25) is 4.79 Å². The summed E-state index contributed by atoms with van der Waals surface area (Å²) in [6, 6.07) is 0. The van der Waals surface area contributed by atoms with Gasteiger partial charge < -0.3 is 14.7 Å². The molecule has 0 bridgehead atoms. The van der Waals surface area contributed by atoms with E-state index in [1.807, 2.05) is 0 Å². The van der Waals surface area contributed by atoms with Gasteiger partial charge in [-0.1, -0.05) is 111 Å². The summed E-state index contributed by atoms with van der Waals surface area (Å²) in [6.07, 6.45) is 22.6. The van der Waals surface area contributed by atoms with Crippen LogP contribution in [0.2, 0.25) is 0 Å². The maximum atomic E-state index is 11.5. The number of rotatable bonds is 21. The van der Waals surface area contributed by atoms with Crippen LogP contribution in [0.5, 0.6) is 0 Å². The van der Waals surface area contributed by atoms with Crippen LogP contribution in [0.1, 0.15) is 156 Å². The molecule has 0 spiro atoms. The Bertz CT molecular complexity index is 352. The molecule has 0 aliphatic heterocycles. The normalized spacial score (nSPS) is 10.9. The monoisotopic (exact) mass is 456 g/mol. The van der Waals surface area contributed by atoms with Gasteiger partial charge in [0.25, 0.3) is 0 Å². The van der Waals surface area contributed by atoms with E-state index in [2.05, 4.69) is 27.7 Å². The zero-order valence-electron chi connectivity index (χ0n) is 22.0. The number of carbonyl (C=O) groups is 3. The van der Waals surface area contributed by atoms with E-state index in [4.69, 9.17) is 0 Å². The van der Waals surface area contributed by atoms with Gasteiger partial charge in [0, 0.05) is 19.3 Å². The summed E-state index contributed by atoms with van der Waals surface area (Å²) in [5.41, 5.74) is 0. The average molecular weight is 457 g/mol.